The van der Waals surface area contributed by atoms with Gasteiger partial charge in [0.05, 0.1) is 0 Å². The molecule has 1 aromatic rings. The highest BCUT2D eigenvalue weighted by Crippen LogP contribution is 2.25. The molecule has 8 nitrogen and oxygen atoms in total. The minimum Gasteiger partial charge on any atom is -0.452 e. The molecular weight excluding hydrogens is 409 g/mol. The quantitative estimate of drug-likeness (QED) is 0.392. The van der Waals surface area contributed by atoms with E-state index in [1.165, 1.54) is 0 Å². The number of hydrogen-bond acceptors (Lipinski definition) is 6. The smallest absolute Gasteiger partial charge is 0.426 e. The van der Waals surface area contributed by atoms with Crippen molar-refractivity contribution in [1.29, 1.82) is 0 Å². The molecule has 0 aliphatic heterocycles. The number of carbonyl (C=O) groups is 2. The van der Waals surface area contributed by atoms with Crippen LogP contribution in [0.5, 0.6) is 0 Å². The molecule has 0 saturated carbocycles. The van der Waals surface area contributed by atoms with Gasteiger partial charge in [0.1, 0.15) is 17.1 Å². The lowest BCUT2D eigenvalue weighted by Crippen LogP contribution is -2.39. The largest absolute Gasteiger partial charge is 0.452 e. The van der Waals surface area contributed by atoms with Gasteiger partial charge in [-0.2, -0.15) is 21.6 Å². The van der Waals surface area contributed by atoms with Gasteiger partial charge < -0.3 is 14.5 Å². The molecule has 1 rings (SSSR count). The lowest BCUT2D eigenvalue weighted by atomic mass is 10.2. The minimum absolute atomic E-state index is 0.495. The van der Waals surface area contributed by atoms with Crippen LogP contribution < -0.4 is 0 Å². The monoisotopic (exact) mass is 423 g/mol. The summed E-state index contributed by atoms with van der Waals surface area (Å²) in [6.07, 6.45) is -10.3. The van der Waals surface area contributed by atoms with E-state index in [2.05, 4.69) is 9.47 Å². The van der Waals surface area contributed by atoms with Crippen molar-refractivity contribution >= 4 is 22.1 Å². The zero-order valence-corrected chi connectivity index (χ0v) is 14.5. The van der Waals surface area contributed by atoms with Crippen LogP contribution in [-0.2, 0) is 19.6 Å². The first-order valence-electron chi connectivity index (χ1n) is 7.01. The molecule has 1 aromatic heterocycles. The molecule has 14 heteroatoms. The van der Waals surface area contributed by atoms with Gasteiger partial charge in [-0.05, 0) is 19.1 Å². The fraction of sp³-hybridized carbons (Fsp3) is 0.538. The Balaban J connectivity index is 2.89. The van der Waals surface area contributed by atoms with Crippen LogP contribution in [0.25, 0.3) is 0 Å². The Labute approximate surface area is 149 Å². The van der Waals surface area contributed by atoms with Crippen molar-refractivity contribution in [3.63, 3.8) is 0 Å². The van der Waals surface area contributed by atoms with Crippen molar-refractivity contribution < 1.29 is 54.0 Å². The Hall–Kier alpha value is -2.22. The summed E-state index contributed by atoms with van der Waals surface area (Å²) >= 11 is 0. The van der Waals surface area contributed by atoms with Crippen LogP contribution in [0, 0.1) is 0 Å². The number of halogens is 5. The van der Waals surface area contributed by atoms with Crippen molar-refractivity contribution in [1.82, 2.24) is 4.98 Å². The van der Waals surface area contributed by atoms with Gasteiger partial charge >= 0.3 is 18.1 Å². The molecule has 1 heterocycles. The van der Waals surface area contributed by atoms with E-state index in [1.54, 1.807) is 0 Å². The maximum absolute atomic E-state index is 13.0. The van der Waals surface area contributed by atoms with E-state index in [4.69, 9.17) is 4.55 Å². The number of carbonyl (C=O) groups excluding carboxylic acids is 2. The van der Waals surface area contributed by atoms with Gasteiger partial charge in [-0.15, -0.1) is 0 Å². The van der Waals surface area contributed by atoms with Crippen LogP contribution in [0.1, 0.15) is 34.8 Å². The van der Waals surface area contributed by atoms with Gasteiger partial charge in [0.25, 0.3) is 16.0 Å². The van der Waals surface area contributed by atoms with Gasteiger partial charge in [0.15, 0.2) is 6.10 Å². The zero-order chi connectivity index (χ0) is 21.2. The number of nitrogens with one attached hydrogen (secondary N) is 1. The molecule has 0 aromatic carbocycles. The summed E-state index contributed by atoms with van der Waals surface area (Å²) in [4.78, 5) is 25.4. The maximum Gasteiger partial charge on any atom is 0.426 e. The third-order valence-corrected chi connectivity index (χ3v) is 3.82. The summed E-state index contributed by atoms with van der Waals surface area (Å²) in [6.45, 7) is 1.40. The van der Waals surface area contributed by atoms with Gasteiger partial charge in [0, 0.05) is 6.92 Å². The standard InChI is InChI=1S/C13H14F5NO7S/c1-6(12(2,14)15)25-10(20)7-3-4-8(19-7)11(21)26-9(13(16,17)18)5-27(22,23)24/h3-4,6,9,19H,5H2,1-2H3,(H,22,23,24). The number of rotatable bonds is 7. The van der Waals surface area contributed by atoms with E-state index in [0.29, 0.717) is 6.92 Å². The number of ether oxygens (including phenoxy) is 2. The first kappa shape index (κ1) is 22.8. The molecule has 0 aliphatic carbocycles. The van der Waals surface area contributed by atoms with Gasteiger partial charge in [0.2, 0.25) is 6.10 Å². The maximum atomic E-state index is 13.0. The van der Waals surface area contributed by atoms with E-state index in [0.717, 1.165) is 19.1 Å². The second-order valence-corrected chi connectivity index (χ2v) is 6.97. The fourth-order valence-electron chi connectivity index (χ4n) is 1.54. The van der Waals surface area contributed by atoms with Crippen molar-refractivity contribution in [2.24, 2.45) is 0 Å². The van der Waals surface area contributed by atoms with E-state index >= 15 is 0 Å². The Bertz CT molecular complexity index is 797. The summed E-state index contributed by atoms with van der Waals surface area (Å²) in [5.41, 5.74) is -1.24. The van der Waals surface area contributed by atoms with Crippen LogP contribution in [0.2, 0.25) is 0 Å². The van der Waals surface area contributed by atoms with E-state index in [1.807, 2.05) is 4.98 Å². The topological polar surface area (TPSA) is 123 Å². The number of hydrogen-bond donors (Lipinski definition) is 2. The van der Waals surface area contributed by atoms with Gasteiger partial charge in [-0.1, -0.05) is 0 Å². The molecular formula is C13H14F5NO7S. The molecule has 2 unspecified atom stereocenters. The molecule has 0 radical (unpaired) electrons. The summed E-state index contributed by atoms with van der Waals surface area (Å²) < 4.78 is 102. The highest BCUT2D eigenvalue weighted by molar-refractivity contribution is 7.85. The van der Waals surface area contributed by atoms with Crippen molar-refractivity contribution in [2.45, 2.75) is 38.2 Å². The summed E-state index contributed by atoms with van der Waals surface area (Å²) in [7, 11) is -5.12. The number of alkyl halides is 5. The van der Waals surface area contributed by atoms with Crippen LogP contribution in [0.4, 0.5) is 22.0 Å². The predicted molar refractivity (Wildman–Crippen MR) is 78.0 cm³/mol. The molecule has 2 N–H and O–H groups in total. The SMILES string of the molecule is CC(OC(=O)c1ccc(C(=O)OC(CS(=O)(=O)O)C(F)(F)F)[nH]1)C(C)(F)F. The first-order chi connectivity index (χ1) is 12.0. The van der Waals surface area contributed by atoms with Crippen LogP contribution in [0.3, 0.4) is 0 Å². The fourth-order valence-corrected chi connectivity index (χ4v) is 2.18. The molecule has 0 fully saturated rings. The number of aromatic amines is 1. The summed E-state index contributed by atoms with van der Waals surface area (Å²) in [5.74, 6) is -8.30. The summed E-state index contributed by atoms with van der Waals surface area (Å²) in [5, 5.41) is 0. The third-order valence-electron chi connectivity index (χ3n) is 3.10. The molecule has 2 atom stereocenters. The average molecular weight is 423 g/mol. The Kier molecular flexibility index (Phi) is 6.59. The van der Waals surface area contributed by atoms with Crippen molar-refractivity contribution in [3.8, 4) is 0 Å². The van der Waals surface area contributed by atoms with Crippen molar-refractivity contribution in [3.05, 3.63) is 23.5 Å². The van der Waals surface area contributed by atoms with Crippen molar-refractivity contribution in [2.75, 3.05) is 5.75 Å². The molecule has 0 aliphatic rings. The lowest BCUT2D eigenvalue weighted by molar-refractivity contribution is -0.197. The van der Waals surface area contributed by atoms with Gasteiger partial charge in [-0.3, -0.25) is 4.55 Å². The predicted octanol–water partition coefficient (Wildman–Crippen LogP) is 2.19. The second kappa shape index (κ2) is 7.80. The Morgan fingerprint density at radius 2 is 1.56 bits per heavy atom. The van der Waals surface area contributed by atoms with Gasteiger partial charge in [-0.25, -0.2) is 18.4 Å². The normalized spacial score (nSPS) is 15.1. The molecule has 0 spiro atoms. The Morgan fingerprint density at radius 3 is 1.93 bits per heavy atom. The van der Waals surface area contributed by atoms with Crippen LogP contribution >= 0.6 is 0 Å². The highest BCUT2D eigenvalue weighted by Gasteiger charge is 2.45. The number of H-pyrrole nitrogens is 1. The second-order valence-electron chi connectivity index (χ2n) is 5.47. The molecule has 0 amide bonds. The average Bonchev–Trinajstić information content (AvgIpc) is 2.92. The minimum atomic E-state index is -5.30. The zero-order valence-electron chi connectivity index (χ0n) is 13.7. The number of aromatic nitrogens is 1. The molecule has 0 saturated heterocycles. The van der Waals surface area contributed by atoms with E-state index < -0.39 is 63.5 Å². The summed E-state index contributed by atoms with van der Waals surface area (Å²) in [6, 6.07) is 1.67. The third kappa shape index (κ3) is 7.13. The highest BCUT2D eigenvalue weighted by atomic mass is 32.2. The molecule has 27 heavy (non-hydrogen) atoms. The molecule has 154 valence electrons. The van der Waals surface area contributed by atoms with E-state index in [-0.39, 0.29) is 0 Å². The lowest BCUT2D eigenvalue weighted by Gasteiger charge is -2.19. The van der Waals surface area contributed by atoms with Crippen LogP contribution in [0.15, 0.2) is 12.1 Å². The first-order valence-corrected chi connectivity index (χ1v) is 8.62. The van der Waals surface area contributed by atoms with E-state index in [9.17, 15) is 40.0 Å². The molecule has 0 bridgehead atoms. The number of esters is 2. The Morgan fingerprint density at radius 1 is 1.11 bits per heavy atom. The van der Waals surface area contributed by atoms with Crippen LogP contribution in [-0.4, -0.2) is 60.0 Å².